The first-order valence-electron chi connectivity index (χ1n) is 8.84. The minimum Gasteiger partial charge on any atom is -0.478 e. The summed E-state index contributed by atoms with van der Waals surface area (Å²) in [4.78, 5) is 11.5. The van der Waals surface area contributed by atoms with Crippen molar-refractivity contribution in [2.24, 2.45) is 5.41 Å². The zero-order valence-corrected chi connectivity index (χ0v) is 15.8. The summed E-state index contributed by atoms with van der Waals surface area (Å²) in [5, 5.41) is 9.42. The van der Waals surface area contributed by atoms with E-state index in [-0.39, 0.29) is 11.0 Å². The van der Waals surface area contributed by atoms with Gasteiger partial charge in [-0.1, -0.05) is 50.3 Å². The molecule has 0 radical (unpaired) electrons. The van der Waals surface area contributed by atoms with Gasteiger partial charge in [0.2, 0.25) is 0 Å². The van der Waals surface area contributed by atoms with Crippen LogP contribution in [0.25, 0.3) is 5.57 Å². The molecule has 2 heterocycles. The summed E-state index contributed by atoms with van der Waals surface area (Å²) in [7, 11) is 0. The lowest BCUT2D eigenvalue weighted by Gasteiger charge is -2.15. The van der Waals surface area contributed by atoms with Crippen LogP contribution < -0.4 is 0 Å². The van der Waals surface area contributed by atoms with E-state index in [1.807, 2.05) is 18.4 Å². The van der Waals surface area contributed by atoms with Crippen molar-refractivity contribution >= 4 is 11.5 Å². The molecule has 26 heavy (non-hydrogen) atoms. The lowest BCUT2D eigenvalue weighted by molar-refractivity contribution is 0.0697. The third-order valence-corrected chi connectivity index (χ3v) is 4.96. The van der Waals surface area contributed by atoms with Crippen LogP contribution in [0.5, 0.6) is 0 Å². The highest BCUT2D eigenvalue weighted by atomic mass is 16.5. The average Bonchev–Trinajstić information content (AvgIpc) is 3.11. The molecule has 4 heteroatoms. The topological polar surface area (TPSA) is 51.5 Å². The molecule has 0 aliphatic carbocycles. The van der Waals surface area contributed by atoms with Gasteiger partial charge in [-0.05, 0) is 25.5 Å². The maximum Gasteiger partial charge on any atom is 0.337 e. The zero-order valence-electron chi connectivity index (χ0n) is 15.8. The highest BCUT2D eigenvalue weighted by molar-refractivity contribution is 5.90. The molecule has 1 aliphatic rings. The molecule has 1 aliphatic heterocycles. The van der Waals surface area contributed by atoms with Crippen molar-refractivity contribution in [2.45, 2.75) is 40.7 Å². The first kappa shape index (κ1) is 18.1. The van der Waals surface area contributed by atoms with Crippen molar-refractivity contribution in [3.63, 3.8) is 0 Å². The van der Waals surface area contributed by atoms with Gasteiger partial charge in [0, 0.05) is 30.2 Å². The number of carboxylic acids is 1. The Balaban J connectivity index is 2.25. The van der Waals surface area contributed by atoms with E-state index >= 15 is 0 Å². The van der Waals surface area contributed by atoms with Crippen LogP contribution in [-0.2, 0) is 11.3 Å². The second-order valence-corrected chi connectivity index (χ2v) is 7.46. The smallest absolute Gasteiger partial charge is 0.337 e. The second-order valence-electron chi connectivity index (χ2n) is 7.46. The number of hydrogen-bond acceptors (Lipinski definition) is 2. The van der Waals surface area contributed by atoms with Crippen molar-refractivity contribution in [2.75, 3.05) is 0 Å². The molecule has 136 valence electrons. The minimum absolute atomic E-state index is 0.148. The summed E-state index contributed by atoms with van der Waals surface area (Å²) in [6.45, 7) is 13.0. The largest absolute Gasteiger partial charge is 0.478 e. The molecule has 1 aromatic carbocycles. The molecule has 4 nitrogen and oxygen atoms in total. The maximum absolute atomic E-state index is 11.5. The Hall–Kier alpha value is -2.75. The van der Waals surface area contributed by atoms with Gasteiger partial charge in [0.15, 0.2) is 0 Å². The number of nitrogens with zero attached hydrogens (tertiary/aromatic N) is 1. The van der Waals surface area contributed by atoms with Gasteiger partial charge < -0.3 is 14.4 Å². The Morgan fingerprint density at radius 3 is 2.42 bits per heavy atom. The zero-order chi connectivity index (χ0) is 19.1. The number of carbonyl (C=O) groups is 1. The van der Waals surface area contributed by atoms with Crippen LogP contribution in [-0.4, -0.2) is 15.6 Å². The van der Waals surface area contributed by atoms with E-state index in [0.717, 1.165) is 34.8 Å². The van der Waals surface area contributed by atoms with Crippen molar-refractivity contribution in [1.29, 1.82) is 0 Å². The molecule has 0 spiro atoms. The number of hydrogen-bond donors (Lipinski definition) is 1. The number of aryl methyl sites for hydroxylation is 2. The Morgan fingerprint density at radius 2 is 1.92 bits per heavy atom. The van der Waals surface area contributed by atoms with E-state index in [1.165, 1.54) is 5.56 Å². The Bertz CT molecular complexity index is 898. The normalized spacial score (nSPS) is 17.9. The lowest BCUT2D eigenvalue weighted by atomic mass is 9.87. The third-order valence-electron chi connectivity index (χ3n) is 4.96. The van der Waals surface area contributed by atoms with Crippen LogP contribution in [0.4, 0.5) is 0 Å². The summed E-state index contributed by atoms with van der Waals surface area (Å²) < 4.78 is 8.03. The molecule has 1 fully saturated rings. The van der Waals surface area contributed by atoms with Crippen molar-refractivity contribution < 1.29 is 14.6 Å². The quantitative estimate of drug-likeness (QED) is 0.820. The van der Waals surface area contributed by atoms with Crippen LogP contribution in [0.1, 0.15) is 54.4 Å². The van der Waals surface area contributed by atoms with Gasteiger partial charge in [-0.3, -0.25) is 0 Å². The first-order chi connectivity index (χ1) is 12.2. The van der Waals surface area contributed by atoms with Crippen LogP contribution in [0.3, 0.4) is 0 Å². The van der Waals surface area contributed by atoms with Gasteiger partial charge in [0.05, 0.1) is 11.3 Å². The van der Waals surface area contributed by atoms with E-state index < -0.39 is 5.97 Å². The van der Waals surface area contributed by atoms with E-state index in [4.69, 9.17) is 4.74 Å². The van der Waals surface area contributed by atoms with E-state index in [0.29, 0.717) is 6.54 Å². The molecule has 1 saturated heterocycles. The van der Waals surface area contributed by atoms with Crippen molar-refractivity contribution in [3.05, 3.63) is 77.0 Å². The Kier molecular flexibility index (Phi) is 4.53. The molecule has 0 saturated carbocycles. The standard InChI is InChI=1S/C22H25NO3/c1-6-23-13-17(21(24)25)11-18(23)20(16-9-7-14(2)8-10-16)19-12-22(4,5)15(3)26-19/h7-11,13H,3,6,12H2,1-2,4-5H3,(H,24,25). The monoisotopic (exact) mass is 351 g/mol. The second kappa shape index (κ2) is 6.52. The van der Waals surface area contributed by atoms with E-state index in [1.54, 1.807) is 12.3 Å². The summed E-state index contributed by atoms with van der Waals surface area (Å²) >= 11 is 0. The molecule has 3 rings (SSSR count). The molecule has 1 aromatic heterocycles. The van der Waals surface area contributed by atoms with Crippen molar-refractivity contribution in [1.82, 2.24) is 4.57 Å². The van der Waals surface area contributed by atoms with Crippen molar-refractivity contribution in [3.8, 4) is 0 Å². The third kappa shape index (κ3) is 3.19. The number of ether oxygens (including phenoxy) is 1. The van der Waals surface area contributed by atoms with Gasteiger partial charge >= 0.3 is 5.97 Å². The fourth-order valence-corrected chi connectivity index (χ4v) is 3.23. The Morgan fingerprint density at radius 1 is 1.27 bits per heavy atom. The van der Waals surface area contributed by atoms with E-state index in [2.05, 4.69) is 44.7 Å². The van der Waals surface area contributed by atoms with Gasteiger partial charge in [-0.2, -0.15) is 0 Å². The van der Waals surface area contributed by atoms with Crippen LogP contribution in [0, 0.1) is 12.3 Å². The average molecular weight is 351 g/mol. The first-order valence-corrected chi connectivity index (χ1v) is 8.84. The maximum atomic E-state index is 11.5. The van der Waals surface area contributed by atoms with Gasteiger partial charge in [0.1, 0.15) is 11.5 Å². The molecule has 0 atom stereocenters. The molecule has 2 aromatic rings. The highest BCUT2D eigenvalue weighted by Crippen LogP contribution is 2.46. The van der Waals surface area contributed by atoms with Crippen LogP contribution in [0.15, 0.2) is 54.6 Å². The summed E-state index contributed by atoms with van der Waals surface area (Å²) in [6.07, 6.45) is 2.41. The van der Waals surface area contributed by atoms with Crippen LogP contribution in [0.2, 0.25) is 0 Å². The lowest BCUT2D eigenvalue weighted by Crippen LogP contribution is -2.06. The number of aromatic nitrogens is 1. The fraction of sp³-hybridized carbons (Fsp3) is 0.318. The number of allylic oxidation sites excluding steroid dienone is 2. The predicted octanol–water partition coefficient (Wildman–Crippen LogP) is 5.23. The summed E-state index contributed by atoms with van der Waals surface area (Å²) in [5.41, 5.74) is 4.11. The number of carboxylic acid groups (broad SMARTS) is 1. The number of rotatable bonds is 4. The predicted molar refractivity (Wildman–Crippen MR) is 103 cm³/mol. The highest BCUT2D eigenvalue weighted by Gasteiger charge is 2.36. The molecular formula is C22H25NO3. The molecule has 1 N–H and O–H groups in total. The van der Waals surface area contributed by atoms with Gasteiger partial charge in [-0.15, -0.1) is 0 Å². The SMILES string of the molecule is C=C1OC(=C(c2ccc(C)cc2)c2cc(C(=O)O)cn2CC)CC1(C)C. The minimum atomic E-state index is -0.927. The number of aromatic carboxylic acids is 1. The van der Waals surface area contributed by atoms with E-state index in [9.17, 15) is 9.90 Å². The summed E-state index contributed by atoms with van der Waals surface area (Å²) in [5.74, 6) is 0.655. The molecule has 0 bridgehead atoms. The summed E-state index contributed by atoms with van der Waals surface area (Å²) in [6, 6.07) is 9.96. The number of benzene rings is 1. The van der Waals surface area contributed by atoms with Gasteiger partial charge in [0.25, 0.3) is 0 Å². The molecular weight excluding hydrogens is 326 g/mol. The fourth-order valence-electron chi connectivity index (χ4n) is 3.23. The van der Waals surface area contributed by atoms with Crippen LogP contribution >= 0.6 is 0 Å². The van der Waals surface area contributed by atoms with Gasteiger partial charge in [-0.25, -0.2) is 4.79 Å². The Labute approximate surface area is 154 Å². The molecule has 0 amide bonds. The molecule has 0 unspecified atom stereocenters.